The van der Waals surface area contributed by atoms with Gasteiger partial charge in [0.15, 0.2) is 5.13 Å². The Morgan fingerprint density at radius 2 is 1.91 bits per heavy atom. The number of thiophene rings is 1. The SMILES string of the molecule is Cc1cccc(Oc2ncccc2NC(=O)Cc2csc(NC(=O)c3cccs3)n2)c1C. The largest absolute Gasteiger partial charge is 0.437 e. The lowest BCUT2D eigenvalue weighted by atomic mass is 10.1. The Bertz CT molecular complexity index is 1250. The highest BCUT2D eigenvalue weighted by molar-refractivity contribution is 7.14. The molecule has 0 bridgehead atoms. The summed E-state index contributed by atoms with van der Waals surface area (Å²) in [6.45, 7) is 3.98. The van der Waals surface area contributed by atoms with Crippen molar-refractivity contribution < 1.29 is 14.3 Å². The average Bonchev–Trinajstić information content (AvgIpc) is 3.45. The third-order valence-electron chi connectivity index (χ3n) is 4.67. The van der Waals surface area contributed by atoms with Crippen LogP contribution in [0.15, 0.2) is 59.4 Å². The number of anilines is 2. The fraction of sp³-hybridized carbons (Fsp3) is 0.130. The Labute approximate surface area is 193 Å². The van der Waals surface area contributed by atoms with E-state index in [2.05, 4.69) is 20.6 Å². The number of aromatic nitrogens is 2. The zero-order chi connectivity index (χ0) is 22.5. The molecule has 3 aromatic heterocycles. The van der Waals surface area contributed by atoms with Crippen LogP contribution in [-0.2, 0) is 11.2 Å². The van der Waals surface area contributed by atoms with Crippen LogP contribution in [0.3, 0.4) is 0 Å². The predicted molar refractivity (Wildman–Crippen MR) is 127 cm³/mol. The summed E-state index contributed by atoms with van der Waals surface area (Å²) in [5.74, 6) is 0.528. The van der Waals surface area contributed by atoms with Gasteiger partial charge in [-0.25, -0.2) is 9.97 Å². The smallest absolute Gasteiger partial charge is 0.267 e. The number of benzene rings is 1. The van der Waals surface area contributed by atoms with Gasteiger partial charge in [0.25, 0.3) is 5.91 Å². The zero-order valence-corrected chi connectivity index (χ0v) is 19.0. The van der Waals surface area contributed by atoms with E-state index in [1.807, 2.05) is 43.5 Å². The van der Waals surface area contributed by atoms with Crippen molar-refractivity contribution in [2.75, 3.05) is 10.6 Å². The van der Waals surface area contributed by atoms with E-state index in [0.717, 1.165) is 11.1 Å². The number of ether oxygens (including phenoxy) is 1. The van der Waals surface area contributed by atoms with Crippen molar-refractivity contribution in [3.63, 3.8) is 0 Å². The Morgan fingerprint density at radius 3 is 2.72 bits per heavy atom. The summed E-state index contributed by atoms with van der Waals surface area (Å²) >= 11 is 2.63. The molecular formula is C23H20N4O3S2. The molecule has 1 aromatic carbocycles. The number of amides is 2. The lowest BCUT2D eigenvalue weighted by molar-refractivity contribution is -0.115. The standard InChI is InChI=1S/C23H20N4O3S2/c1-14-6-3-8-18(15(14)2)30-22-17(7-4-10-24-22)26-20(28)12-16-13-32-23(25-16)27-21(29)19-9-5-11-31-19/h3-11,13H,12H2,1-2H3,(H,26,28)(H,25,27,29). The first-order chi connectivity index (χ1) is 15.5. The Morgan fingerprint density at radius 1 is 1.03 bits per heavy atom. The maximum atomic E-state index is 12.6. The first-order valence-electron chi connectivity index (χ1n) is 9.78. The number of pyridine rings is 1. The molecule has 0 unspecified atom stereocenters. The second kappa shape index (κ2) is 9.71. The van der Waals surface area contributed by atoms with Crippen LogP contribution in [0.2, 0.25) is 0 Å². The van der Waals surface area contributed by atoms with Crippen LogP contribution in [0.4, 0.5) is 10.8 Å². The molecule has 2 N–H and O–H groups in total. The van der Waals surface area contributed by atoms with Crippen molar-refractivity contribution in [3.05, 3.63) is 81.1 Å². The molecule has 0 spiro atoms. The van der Waals surface area contributed by atoms with Crippen LogP contribution in [-0.4, -0.2) is 21.8 Å². The van der Waals surface area contributed by atoms with Crippen molar-refractivity contribution in [2.45, 2.75) is 20.3 Å². The van der Waals surface area contributed by atoms with E-state index in [9.17, 15) is 9.59 Å². The fourth-order valence-corrected chi connectivity index (χ4v) is 4.20. The second-order valence-electron chi connectivity index (χ2n) is 6.96. The normalized spacial score (nSPS) is 10.6. The Hall–Kier alpha value is -3.56. The molecular weight excluding hydrogens is 444 g/mol. The molecule has 0 saturated carbocycles. The van der Waals surface area contributed by atoms with Crippen molar-refractivity contribution in [1.29, 1.82) is 0 Å². The molecule has 0 saturated heterocycles. The van der Waals surface area contributed by atoms with E-state index >= 15 is 0 Å². The molecule has 0 aliphatic heterocycles. The predicted octanol–water partition coefficient (Wildman–Crippen LogP) is 5.44. The molecule has 3 heterocycles. The number of aryl methyl sites for hydroxylation is 1. The van der Waals surface area contributed by atoms with Gasteiger partial charge in [0, 0.05) is 11.6 Å². The average molecular weight is 465 g/mol. The van der Waals surface area contributed by atoms with Crippen LogP contribution in [0, 0.1) is 13.8 Å². The van der Waals surface area contributed by atoms with E-state index in [-0.39, 0.29) is 18.2 Å². The van der Waals surface area contributed by atoms with Crippen molar-refractivity contribution in [2.24, 2.45) is 0 Å². The summed E-state index contributed by atoms with van der Waals surface area (Å²) in [6.07, 6.45) is 1.67. The maximum absolute atomic E-state index is 12.6. The van der Waals surface area contributed by atoms with Gasteiger partial charge in [-0.1, -0.05) is 18.2 Å². The van der Waals surface area contributed by atoms with Crippen molar-refractivity contribution >= 4 is 45.3 Å². The van der Waals surface area contributed by atoms with Gasteiger partial charge < -0.3 is 10.1 Å². The highest BCUT2D eigenvalue weighted by Gasteiger charge is 2.15. The van der Waals surface area contributed by atoms with Gasteiger partial charge in [-0.2, -0.15) is 0 Å². The number of nitrogens with one attached hydrogen (secondary N) is 2. The number of nitrogens with zero attached hydrogens (tertiary/aromatic N) is 2. The molecule has 4 rings (SSSR count). The Kier molecular flexibility index (Phi) is 6.58. The van der Waals surface area contributed by atoms with E-state index in [4.69, 9.17) is 4.74 Å². The number of hydrogen-bond donors (Lipinski definition) is 2. The lowest BCUT2D eigenvalue weighted by Gasteiger charge is -2.13. The minimum absolute atomic E-state index is 0.0587. The third kappa shape index (κ3) is 5.19. The lowest BCUT2D eigenvalue weighted by Crippen LogP contribution is -2.16. The zero-order valence-electron chi connectivity index (χ0n) is 17.4. The molecule has 7 nitrogen and oxygen atoms in total. The van der Waals surface area contributed by atoms with Crippen LogP contribution in [0.1, 0.15) is 26.5 Å². The number of carbonyl (C=O) groups excluding carboxylic acids is 2. The molecule has 0 radical (unpaired) electrons. The highest BCUT2D eigenvalue weighted by Crippen LogP contribution is 2.30. The molecule has 4 aromatic rings. The number of hydrogen-bond acceptors (Lipinski definition) is 7. The molecule has 32 heavy (non-hydrogen) atoms. The van der Waals surface area contributed by atoms with Crippen LogP contribution in [0.5, 0.6) is 11.6 Å². The minimum atomic E-state index is -0.259. The highest BCUT2D eigenvalue weighted by atomic mass is 32.1. The molecule has 0 aliphatic rings. The van der Waals surface area contributed by atoms with Crippen molar-refractivity contribution in [3.8, 4) is 11.6 Å². The van der Waals surface area contributed by atoms with Gasteiger partial charge in [0.1, 0.15) is 11.4 Å². The van der Waals surface area contributed by atoms with Crippen LogP contribution < -0.4 is 15.4 Å². The quantitative estimate of drug-likeness (QED) is 0.380. The first kappa shape index (κ1) is 21.7. The Balaban J connectivity index is 1.40. The van der Waals surface area contributed by atoms with E-state index in [0.29, 0.717) is 33.0 Å². The van der Waals surface area contributed by atoms with E-state index in [1.165, 1.54) is 22.7 Å². The molecule has 2 amide bonds. The third-order valence-corrected chi connectivity index (χ3v) is 6.34. The number of rotatable bonds is 7. The summed E-state index contributed by atoms with van der Waals surface area (Å²) in [7, 11) is 0. The number of thiazole rings is 1. The minimum Gasteiger partial charge on any atom is -0.437 e. The van der Waals surface area contributed by atoms with Gasteiger partial charge in [-0.15, -0.1) is 22.7 Å². The van der Waals surface area contributed by atoms with Gasteiger partial charge in [0.2, 0.25) is 11.8 Å². The van der Waals surface area contributed by atoms with E-state index < -0.39 is 0 Å². The van der Waals surface area contributed by atoms with Gasteiger partial charge >= 0.3 is 0 Å². The summed E-state index contributed by atoms with van der Waals surface area (Å²) < 4.78 is 5.97. The van der Waals surface area contributed by atoms with Crippen molar-refractivity contribution in [1.82, 2.24) is 9.97 Å². The van der Waals surface area contributed by atoms with Crippen LogP contribution in [0.25, 0.3) is 0 Å². The number of carbonyl (C=O) groups is 2. The van der Waals surface area contributed by atoms with E-state index in [1.54, 1.807) is 29.8 Å². The van der Waals surface area contributed by atoms with Gasteiger partial charge in [-0.3, -0.25) is 14.9 Å². The topological polar surface area (TPSA) is 93.2 Å². The van der Waals surface area contributed by atoms with Gasteiger partial charge in [0.05, 0.1) is 17.0 Å². The maximum Gasteiger partial charge on any atom is 0.267 e. The molecule has 0 fully saturated rings. The summed E-state index contributed by atoms with van der Waals surface area (Å²) in [5.41, 5.74) is 3.15. The monoisotopic (exact) mass is 464 g/mol. The first-order valence-corrected chi connectivity index (χ1v) is 11.5. The fourth-order valence-electron chi connectivity index (χ4n) is 2.88. The summed E-state index contributed by atoms with van der Waals surface area (Å²) in [5, 5.41) is 9.63. The summed E-state index contributed by atoms with van der Waals surface area (Å²) in [4.78, 5) is 34.0. The second-order valence-corrected chi connectivity index (χ2v) is 8.76. The molecule has 9 heteroatoms. The van der Waals surface area contributed by atoms with Gasteiger partial charge in [-0.05, 0) is 54.6 Å². The van der Waals surface area contributed by atoms with Crippen LogP contribution >= 0.6 is 22.7 Å². The molecule has 0 aliphatic carbocycles. The molecule has 162 valence electrons. The molecule has 0 atom stereocenters. The summed E-state index contributed by atoms with van der Waals surface area (Å²) in [6, 6.07) is 12.8.